The maximum absolute atomic E-state index is 13.9. The van der Waals surface area contributed by atoms with E-state index >= 15 is 0 Å². The fourth-order valence-electron chi connectivity index (χ4n) is 2.44. The Morgan fingerprint density at radius 1 is 1.26 bits per heavy atom. The molecule has 0 unspecified atom stereocenters. The number of amides is 3. The number of rotatable bonds is 6. The molecule has 2 saturated carbocycles. The quantitative estimate of drug-likeness (QED) is 0.836. The molecule has 2 N–H and O–H groups in total. The zero-order valence-electron chi connectivity index (χ0n) is 12.6. The molecule has 1 aromatic rings. The molecule has 0 heterocycles. The normalized spacial score (nSPS) is 17.2. The first-order valence-corrected chi connectivity index (χ1v) is 8.18. The molecule has 2 fully saturated rings. The minimum atomic E-state index is -0.461. The van der Waals surface area contributed by atoms with Crippen LogP contribution in [-0.2, 0) is 11.3 Å². The molecule has 2 aliphatic rings. The van der Waals surface area contributed by atoms with Crippen LogP contribution in [0.1, 0.15) is 31.2 Å². The lowest BCUT2D eigenvalue weighted by molar-refractivity contribution is -0.121. The summed E-state index contributed by atoms with van der Waals surface area (Å²) in [5, 5.41) is 5.37. The molecule has 5 nitrogen and oxygen atoms in total. The van der Waals surface area contributed by atoms with Gasteiger partial charge in [-0.15, -0.1) is 0 Å². The fourth-order valence-corrected chi connectivity index (χ4v) is 2.66. The summed E-state index contributed by atoms with van der Waals surface area (Å²) in [6.07, 6.45) is 3.85. The Morgan fingerprint density at radius 2 is 2.00 bits per heavy atom. The Hall–Kier alpha value is -1.66. The van der Waals surface area contributed by atoms with E-state index in [1.807, 2.05) is 4.90 Å². The molecule has 7 heteroatoms. The van der Waals surface area contributed by atoms with Crippen LogP contribution in [0, 0.1) is 5.82 Å². The smallest absolute Gasteiger partial charge is 0.321 e. The highest BCUT2D eigenvalue weighted by Crippen LogP contribution is 2.30. The van der Waals surface area contributed by atoms with Gasteiger partial charge in [0.2, 0.25) is 5.91 Å². The van der Waals surface area contributed by atoms with Crippen LogP contribution in [-0.4, -0.2) is 35.5 Å². The van der Waals surface area contributed by atoms with E-state index < -0.39 is 6.03 Å². The topological polar surface area (TPSA) is 61.4 Å². The van der Waals surface area contributed by atoms with Crippen molar-refractivity contribution in [3.05, 3.63) is 34.6 Å². The second-order valence-corrected chi connectivity index (χ2v) is 6.54. The summed E-state index contributed by atoms with van der Waals surface area (Å²) in [4.78, 5) is 25.5. The van der Waals surface area contributed by atoms with Crippen LogP contribution >= 0.6 is 11.6 Å². The van der Waals surface area contributed by atoms with E-state index in [1.54, 1.807) is 12.1 Å². The van der Waals surface area contributed by atoms with E-state index in [4.69, 9.17) is 11.6 Å². The summed E-state index contributed by atoms with van der Waals surface area (Å²) < 4.78 is 13.9. The summed E-state index contributed by atoms with van der Waals surface area (Å²) in [7, 11) is 0. The Balaban J connectivity index is 1.58. The Kier molecular flexibility index (Phi) is 4.82. The number of nitrogens with zero attached hydrogens (tertiary/aromatic N) is 1. The second-order valence-electron chi connectivity index (χ2n) is 6.13. The maximum atomic E-state index is 13.9. The first-order chi connectivity index (χ1) is 11.0. The van der Waals surface area contributed by atoms with Crippen molar-refractivity contribution in [3.8, 4) is 0 Å². The number of hydrogen-bond donors (Lipinski definition) is 2. The molecule has 0 saturated heterocycles. The van der Waals surface area contributed by atoms with Crippen molar-refractivity contribution in [2.24, 2.45) is 0 Å². The van der Waals surface area contributed by atoms with E-state index in [9.17, 15) is 14.0 Å². The maximum Gasteiger partial charge on any atom is 0.321 e. The van der Waals surface area contributed by atoms with Crippen molar-refractivity contribution in [3.63, 3.8) is 0 Å². The van der Waals surface area contributed by atoms with E-state index in [-0.39, 0.29) is 36.9 Å². The monoisotopic (exact) mass is 339 g/mol. The van der Waals surface area contributed by atoms with Crippen molar-refractivity contribution in [2.45, 2.75) is 44.3 Å². The van der Waals surface area contributed by atoms with Crippen LogP contribution in [0.2, 0.25) is 5.02 Å². The van der Waals surface area contributed by atoms with Gasteiger partial charge in [0.15, 0.2) is 0 Å². The zero-order chi connectivity index (χ0) is 16.4. The highest BCUT2D eigenvalue weighted by atomic mass is 35.5. The van der Waals surface area contributed by atoms with Gasteiger partial charge in [0, 0.05) is 29.2 Å². The SMILES string of the molecule is O=C(CN(Cc1c(F)cccc1Cl)C1CC1)NC(=O)NC1CC1. The van der Waals surface area contributed by atoms with Crippen LogP contribution in [0.15, 0.2) is 18.2 Å². The van der Waals surface area contributed by atoms with Gasteiger partial charge in [-0.05, 0) is 37.8 Å². The molecule has 3 amide bonds. The predicted octanol–water partition coefficient (Wildman–Crippen LogP) is 2.43. The molecule has 3 rings (SSSR count). The molecular weight excluding hydrogens is 321 g/mol. The molecule has 0 bridgehead atoms. The average molecular weight is 340 g/mol. The number of halogens is 2. The predicted molar refractivity (Wildman–Crippen MR) is 84.5 cm³/mol. The summed E-state index contributed by atoms with van der Waals surface area (Å²) in [5.41, 5.74) is 0.385. The van der Waals surface area contributed by atoms with Gasteiger partial charge in [0.1, 0.15) is 5.82 Å². The largest absolute Gasteiger partial charge is 0.335 e. The Morgan fingerprint density at radius 3 is 2.61 bits per heavy atom. The van der Waals surface area contributed by atoms with Crippen LogP contribution < -0.4 is 10.6 Å². The minimum absolute atomic E-state index is 0.0490. The molecule has 0 atom stereocenters. The van der Waals surface area contributed by atoms with Crippen molar-refractivity contribution in [2.75, 3.05) is 6.54 Å². The molecule has 0 spiro atoms. The van der Waals surface area contributed by atoms with Gasteiger partial charge in [-0.25, -0.2) is 9.18 Å². The van der Waals surface area contributed by atoms with Gasteiger partial charge >= 0.3 is 6.03 Å². The summed E-state index contributed by atoms with van der Waals surface area (Å²) in [6.45, 7) is 0.307. The van der Waals surface area contributed by atoms with Crippen LogP contribution in [0.25, 0.3) is 0 Å². The van der Waals surface area contributed by atoms with Crippen LogP contribution in [0.3, 0.4) is 0 Å². The van der Waals surface area contributed by atoms with Crippen LogP contribution in [0.5, 0.6) is 0 Å². The number of hydrogen-bond acceptors (Lipinski definition) is 3. The zero-order valence-corrected chi connectivity index (χ0v) is 13.4. The van der Waals surface area contributed by atoms with Gasteiger partial charge in [-0.3, -0.25) is 15.0 Å². The van der Waals surface area contributed by atoms with E-state index in [1.165, 1.54) is 6.07 Å². The molecule has 0 aliphatic heterocycles. The summed E-state index contributed by atoms with van der Waals surface area (Å²) in [5.74, 6) is -0.766. The summed E-state index contributed by atoms with van der Waals surface area (Å²) in [6, 6.07) is 4.51. The third-order valence-electron chi connectivity index (χ3n) is 4.00. The lowest BCUT2D eigenvalue weighted by atomic mass is 10.2. The molecular formula is C16H19ClFN3O2. The average Bonchev–Trinajstić information content (AvgIpc) is 3.34. The number of nitrogens with one attached hydrogen (secondary N) is 2. The molecule has 0 radical (unpaired) electrons. The van der Waals surface area contributed by atoms with Crippen LogP contribution in [0.4, 0.5) is 9.18 Å². The first-order valence-electron chi connectivity index (χ1n) is 7.80. The number of carbonyl (C=O) groups is 2. The van der Waals surface area contributed by atoms with E-state index in [2.05, 4.69) is 10.6 Å². The molecule has 0 aromatic heterocycles. The highest BCUT2D eigenvalue weighted by molar-refractivity contribution is 6.31. The standard InChI is InChI=1S/C16H19ClFN3O2/c17-13-2-1-3-14(18)12(13)8-21(11-6-7-11)9-15(22)20-16(23)19-10-4-5-10/h1-3,10-11H,4-9H2,(H2,19,20,22,23). The molecule has 1 aromatic carbocycles. The van der Waals surface area contributed by atoms with Crippen molar-refractivity contribution >= 4 is 23.5 Å². The molecule has 2 aliphatic carbocycles. The van der Waals surface area contributed by atoms with Gasteiger partial charge in [-0.1, -0.05) is 17.7 Å². The van der Waals surface area contributed by atoms with Gasteiger partial charge < -0.3 is 5.32 Å². The number of urea groups is 1. The second kappa shape index (κ2) is 6.84. The van der Waals surface area contributed by atoms with E-state index in [0.717, 1.165) is 25.7 Å². The lowest BCUT2D eigenvalue weighted by Crippen LogP contribution is -2.45. The van der Waals surface area contributed by atoms with Crippen molar-refractivity contribution in [1.29, 1.82) is 0 Å². The molecule has 23 heavy (non-hydrogen) atoms. The number of benzene rings is 1. The summed E-state index contributed by atoms with van der Waals surface area (Å²) >= 11 is 6.05. The third kappa shape index (κ3) is 4.65. The Labute approximate surface area is 139 Å². The minimum Gasteiger partial charge on any atom is -0.335 e. The fraction of sp³-hybridized carbons (Fsp3) is 0.500. The van der Waals surface area contributed by atoms with Gasteiger partial charge in [-0.2, -0.15) is 0 Å². The van der Waals surface area contributed by atoms with Crippen molar-refractivity contribution in [1.82, 2.24) is 15.5 Å². The van der Waals surface area contributed by atoms with E-state index in [0.29, 0.717) is 10.6 Å². The lowest BCUT2D eigenvalue weighted by Gasteiger charge is -2.22. The first kappa shape index (κ1) is 16.2. The molecule has 124 valence electrons. The number of carbonyl (C=O) groups excluding carboxylic acids is 2. The Bertz CT molecular complexity index is 597. The van der Waals surface area contributed by atoms with Crippen molar-refractivity contribution < 1.29 is 14.0 Å². The van der Waals surface area contributed by atoms with Gasteiger partial charge in [0.25, 0.3) is 0 Å². The third-order valence-corrected chi connectivity index (χ3v) is 4.35. The highest BCUT2D eigenvalue weighted by Gasteiger charge is 2.32. The number of imide groups is 1. The van der Waals surface area contributed by atoms with Gasteiger partial charge in [0.05, 0.1) is 6.54 Å².